The number of amides is 2. The van der Waals surface area contributed by atoms with Crippen LogP contribution in [0, 0.1) is 11.3 Å². The van der Waals surface area contributed by atoms with Crippen molar-refractivity contribution in [1.29, 1.82) is 0 Å². The smallest absolute Gasteiger partial charge is 0.337 e. The van der Waals surface area contributed by atoms with Crippen LogP contribution in [0.25, 0.3) is 0 Å². The van der Waals surface area contributed by atoms with Crippen LogP contribution in [-0.4, -0.2) is 23.7 Å². The van der Waals surface area contributed by atoms with Crippen LogP contribution in [0.2, 0.25) is 5.02 Å². The van der Waals surface area contributed by atoms with Crippen molar-refractivity contribution in [2.45, 2.75) is 26.7 Å². The topological polar surface area (TPSA) is 78.4 Å². The molecular formula is C15H19ClN2O3. The Hall–Kier alpha value is -1.75. The Morgan fingerprint density at radius 2 is 2.05 bits per heavy atom. The van der Waals surface area contributed by atoms with Crippen LogP contribution in [0.3, 0.4) is 0 Å². The Kier molecular flexibility index (Phi) is 4.42. The van der Waals surface area contributed by atoms with Crippen LogP contribution >= 0.6 is 11.6 Å². The summed E-state index contributed by atoms with van der Waals surface area (Å²) in [5.74, 6) is -0.550. The zero-order valence-corrected chi connectivity index (χ0v) is 12.8. The number of carbonyl (C=O) groups is 2. The lowest BCUT2D eigenvalue weighted by atomic mass is 9.92. The van der Waals surface area contributed by atoms with Crippen molar-refractivity contribution >= 4 is 29.3 Å². The number of hydrogen-bond acceptors (Lipinski definition) is 2. The van der Waals surface area contributed by atoms with Gasteiger partial charge in [-0.1, -0.05) is 25.4 Å². The molecule has 1 aromatic rings. The average molecular weight is 311 g/mol. The molecule has 5 nitrogen and oxygen atoms in total. The number of carbonyl (C=O) groups excluding carboxylic acids is 1. The van der Waals surface area contributed by atoms with Crippen LogP contribution in [0.4, 0.5) is 10.5 Å². The fourth-order valence-corrected chi connectivity index (χ4v) is 2.58. The lowest BCUT2D eigenvalue weighted by molar-refractivity contribution is 0.0697. The van der Waals surface area contributed by atoms with Gasteiger partial charge in [-0.25, -0.2) is 9.59 Å². The molecule has 3 N–H and O–H groups in total. The van der Waals surface area contributed by atoms with Gasteiger partial charge in [-0.2, -0.15) is 0 Å². The maximum Gasteiger partial charge on any atom is 0.337 e. The Balaban J connectivity index is 1.91. The highest BCUT2D eigenvalue weighted by Gasteiger charge is 2.45. The van der Waals surface area contributed by atoms with Crippen LogP contribution in [0.15, 0.2) is 18.2 Å². The molecule has 1 fully saturated rings. The van der Waals surface area contributed by atoms with Crippen molar-refractivity contribution < 1.29 is 14.7 Å². The van der Waals surface area contributed by atoms with E-state index in [9.17, 15) is 9.59 Å². The average Bonchev–Trinajstić information content (AvgIpc) is 3.17. The molecule has 6 heteroatoms. The molecular weight excluding hydrogens is 292 g/mol. The van der Waals surface area contributed by atoms with Crippen molar-refractivity contribution in [3.8, 4) is 0 Å². The van der Waals surface area contributed by atoms with Gasteiger partial charge in [-0.3, -0.25) is 0 Å². The molecule has 0 radical (unpaired) electrons. The van der Waals surface area contributed by atoms with Gasteiger partial charge in [-0.05, 0) is 42.4 Å². The monoisotopic (exact) mass is 310 g/mol. The summed E-state index contributed by atoms with van der Waals surface area (Å²) < 4.78 is 0. The summed E-state index contributed by atoms with van der Waals surface area (Å²) in [6, 6.07) is 4.02. The molecule has 1 aromatic carbocycles. The molecule has 21 heavy (non-hydrogen) atoms. The van der Waals surface area contributed by atoms with E-state index >= 15 is 0 Å². The van der Waals surface area contributed by atoms with Gasteiger partial charge in [0.1, 0.15) is 0 Å². The van der Waals surface area contributed by atoms with E-state index in [1.54, 1.807) is 0 Å². The third-order valence-corrected chi connectivity index (χ3v) is 4.49. The van der Waals surface area contributed by atoms with Crippen molar-refractivity contribution in [2.75, 3.05) is 11.9 Å². The molecule has 1 aliphatic carbocycles. The fraction of sp³-hybridized carbons (Fsp3) is 0.467. The molecule has 1 aliphatic rings. The lowest BCUT2D eigenvalue weighted by Gasteiger charge is -2.20. The summed E-state index contributed by atoms with van der Waals surface area (Å²) >= 11 is 5.86. The molecule has 2 amide bonds. The Morgan fingerprint density at radius 1 is 1.38 bits per heavy atom. The second-order valence-corrected chi connectivity index (χ2v) is 6.23. The maximum atomic E-state index is 11.9. The number of hydrogen-bond donors (Lipinski definition) is 3. The first-order chi connectivity index (χ1) is 9.84. The zero-order valence-electron chi connectivity index (χ0n) is 12.1. The van der Waals surface area contributed by atoms with E-state index in [0.717, 1.165) is 12.8 Å². The van der Waals surface area contributed by atoms with Gasteiger partial charge in [0.05, 0.1) is 10.6 Å². The molecule has 1 saturated carbocycles. The number of carboxylic acids is 1. The minimum absolute atomic E-state index is 0.0133. The number of benzene rings is 1. The maximum absolute atomic E-state index is 11.9. The predicted octanol–water partition coefficient (Wildman–Crippen LogP) is 3.60. The van der Waals surface area contributed by atoms with Crippen LogP contribution in [0.1, 0.15) is 37.0 Å². The third-order valence-electron chi connectivity index (χ3n) is 4.18. The van der Waals surface area contributed by atoms with Gasteiger partial charge in [0.25, 0.3) is 0 Å². The summed E-state index contributed by atoms with van der Waals surface area (Å²) in [6.07, 6.45) is 2.29. The molecule has 0 heterocycles. The number of urea groups is 1. The number of nitrogens with one attached hydrogen (secondary N) is 2. The quantitative estimate of drug-likeness (QED) is 0.777. The summed E-state index contributed by atoms with van der Waals surface area (Å²) in [5.41, 5.74) is 0.721. The van der Waals surface area contributed by atoms with E-state index < -0.39 is 5.97 Å². The number of rotatable bonds is 5. The SMILES string of the molecule is CC(C)C1(CNC(=O)Nc2ccc(C(=O)O)c(Cl)c2)CC1. The number of halogens is 1. The van der Waals surface area contributed by atoms with Crippen molar-refractivity contribution in [1.82, 2.24) is 5.32 Å². The summed E-state index contributed by atoms with van der Waals surface area (Å²) in [5, 5.41) is 14.5. The highest BCUT2D eigenvalue weighted by atomic mass is 35.5. The van der Waals surface area contributed by atoms with Gasteiger partial charge in [0, 0.05) is 12.2 Å². The van der Waals surface area contributed by atoms with Gasteiger partial charge in [0.2, 0.25) is 0 Å². The molecule has 0 unspecified atom stereocenters. The number of anilines is 1. The molecule has 0 aliphatic heterocycles. The molecule has 0 saturated heterocycles. The van der Waals surface area contributed by atoms with E-state index in [-0.39, 0.29) is 22.0 Å². The van der Waals surface area contributed by atoms with E-state index in [2.05, 4.69) is 24.5 Å². The first-order valence-corrected chi connectivity index (χ1v) is 7.29. The third kappa shape index (κ3) is 3.67. The normalized spacial score (nSPS) is 15.6. The largest absolute Gasteiger partial charge is 0.478 e. The number of carboxylic acid groups (broad SMARTS) is 1. The van der Waals surface area contributed by atoms with Gasteiger partial charge < -0.3 is 15.7 Å². The summed E-state index contributed by atoms with van der Waals surface area (Å²) in [4.78, 5) is 22.7. The Morgan fingerprint density at radius 3 is 2.52 bits per heavy atom. The van der Waals surface area contributed by atoms with E-state index in [4.69, 9.17) is 16.7 Å². The standard InChI is InChI=1S/C15H19ClN2O3/c1-9(2)15(5-6-15)8-17-14(21)18-10-3-4-11(13(19)20)12(16)7-10/h3-4,7,9H,5-6,8H2,1-2H3,(H,19,20)(H2,17,18,21). The predicted molar refractivity (Wildman–Crippen MR) is 81.9 cm³/mol. The Labute approximate surface area is 128 Å². The van der Waals surface area contributed by atoms with Gasteiger partial charge >= 0.3 is 12.0 Å². The fourth-order valence-electron chi connectivity index (χ4n) is 2.32. The number of aromatic carboxylic acids is 1. The van der Waals surface area contributed by atoms with Crippen LogP contribution in [-0.2, 0) is 0 Å². The van der Waals surface area contributed by atoms with E-state index in [1.165, 1.54) is 18.2 Å². The second-order valence-electron chi connectivity index (χ2n) is 5.82. The van der Waals surface area contributed by atoms with E-state index in [1.807, 2.05) is 0 Å². The van der Waals surface area contributed by atoms with Gasteiger partial charge in [0.15, 0.2) is 0 Å². The highest BCUT2D eigenvalue weighted by molar-refractivity contribution is 6.33. The van der Waals surface area contributed by atoms with Crippen molar-refractivity contribution in [3.05, 3.63) is 28.8 Å². The lowest BCUT2D eigenvalue weighted by Crippen LogP contribution is -2.35. The minimum atomic E-state index is -1.09. The van der Waals surface area contributed by atoms with Gasteiger partial charge in [-0.15, -0.1) is 0 Å². The van der Waals surface area contributed by atoms with Crippen LogP contribution < -0.4 is 10.6 Å². The molecule has 114 valence electrons. The first kappa shape index (κ1) is 15.6. The van der Waals surface area contributed by atoms with Crippen LogP contribution in [0.5, 0.6) is 0 Å². The van der Waals surface area contributed by atoms with E-state index in [0.29, 0.717) is 18.2 Å². The molecule has 0 bridgehead atoms. The second kappa shape index (κ2) is 5.93. The van der Waals surface area contributed by atoms with Crippen molar-refractivity contribution in [3.63, 3.8) is 0 Å². The zero-order chi connectivity index (χ0) is 15.6. The molecule has 2 rings (SSSR count). The van der Waals surface area contributed by atoms with Crippen molar-refractivity contribution in [2.24, 2.45) is 11.3 Å². The summed E-state index contributed by atoms with van der Waals surface area (Å²) in [7, 11) is 0. The molecule has 0 atom stereocenters. The Bertz CT molecular complexity index is 568. The minimum Gasteiger partial charge on any atom is -0.478 e. The summed E-state index contributed by atoms with van der Waals surface area (Å²) in [6.45, 7) is 4.98. The molecule has 0 aromatic heterocycles. The molecule has 0 spiro atoms. The first-order valence-electron chi connectivity index (χ1n) is 6.92. The highest BCUT2D eigenvalue weighted by Crippen LogP contribution is 2.51.